The van der Waals surface area contributed by atoms with E-state index in [1.165, 1.54) is 36.5 Å². The molecule has 0 saturated carbocycles. The van der Waals surface area contributed by atoms with Crippen LogP contribution in [0.5, 0.6) is 0 Å². The van der Waals surface area contributed by atoms with Crippen molar-refractivity contribution < 1.29 is 32.3 Å². The number of rotatable bonds is 14. The van der Waals surface area contributed by atoms with Crippen LogP contribution in [0.1, 0.15) is 64.5 Å². The number of imidazole rings is 1. The number of aliphatic hydroxyl groups excluding tert-OH is 2. The first kappa shape index (κ1) is 27.9. The first-order chi connectivity index (χ1) is 17.2. The topological polar surface area (TPSA) is 192 Å². The summed E-state index contributed by atoms with van der Waals surface area (Å²) in [7, 11) is -4.43. The Morgan fingerprint density at radius 3 is 2.67 bits per heavy atom. The van der Waals surface area contributed by atoms with E-state index in [9.17, 15) is 23.4 Å². The van der Waals surface area contributed by atoms with E-state index in [0.717, 1.165) is 12.8 Å². The first-order valence-electron chi connectivity index (χ1n) is 12.0. The van der Waals surface area contributed by atoms with Crippen molar-refractivity contribution in [3.8, 4) is 0 Å². The number of hydrogen-bond acceptors (Lipinski definition) is 11. The second kappa shape index (κ2) is 13.1. The summed E-state index contributed by atoms with van der Waals surface area (Å²) in [5, 5.41) is 20.8. The maximum Gasteiger partial charge on any atom is 0.362 e. The van der Waals surface area contributed by atoms with E-state index >= 15 is 0 Å². The smallest absolute Gasteiger partial charge is 0.362 e. The van der Waals surface area contributed by atoms with Crippen molar-refractivity contribution in [3.05, 3.63) is 24.8 Å². The molecule has 2 aromatic heterocycles. The second-order valence-electron chi connectivity index (χ2n) is 8.61. The Balaban J connectivity index is 1.44. The van der Waals surface area contributed by atoms with Gasteiger partial charge in [0.15, 0.2) is 17.7 Å². The number of aliphatic hydroxyl groups is 2. The van der Waals surface area contributed by atoms with Crippen molar-refractivity contribution >= 4 is 33.2 Å². The van der Waals surface area contributed by atoms with Gasteiger partial charge in [0, 0.05) is 6.42 Å². The molecule has 1 saturated heterocycles. The number of nitrogens with one attached hydrogen (secondary N) is 1. The number of carbonyl (C=O) groups is 1. The van der Waals surface area contributed by atoms with E-state index in [-0.39, 0.29) is 23.4 Å². The number of allylic oxidation sites excluding steroid dienone is 2. The molecule has 13 nitrogen and oxygen atoms in total. The minimum Gasteiger partial charge on any atom is -0.387 e. The lowest BCUT2D eigenvalue weighted by molar-refractivity contribution is -0.119. The molecule has 3 rings (SSSR count). The van der Waals surface area contributed by atoms with Gasteiger partial charge >= 0.3 is 10.3 Å². The highest BCUT2D eigenvalue weighted by Gasteiger charge is 2.45. The zero-order valence-corrected chi connectivity index (χ0v) is 21.0. The molecular formula is C22H34N6O7S. The fourth-order valence-electron chi connectivity index (χ4n) is 3.83. The zero-order chi connectivity index (χ0) is 26.1. The van der Waals surface area contributed by atoms with Crippen molar-refractivity contribution in [1.82, 2.24) is 24.2 Å². The summed E-state index contributed by atoms with van der Waals surface area (Å²) < 4.78 is 38.0. The summed E-state index contributed by atoms with van der Waals surface area (Å²) in [5.74, 6) is -0.564. The largest absolute Gasteiger partial charge is 0.387 e. The van der Waals surface area contributed by atoms with Gasteiger partial charge < -0.3 is 20.7 Å². The molecule has 0 radical (unpaired) electrons. The number of fused-ring (bicyclic) bond motifs is 1. The zero-order valence-electron chi connectivity index (χ0n) is 20.2. The van der Waals surface area contributed by atoms with Gasteiger partial charge in [-0.1, -0.05) is 38.3 Å². The number of hydrogen-bond donors (Lipinski definition) is 4. The van der Waals surface area contributed by atoms with Gasteiger partial charge in [-0.2, -0.15) is 8.42 Å². The molecule has 0 spiro atoms. The van der Waals surface area contributed by atoms with Gasteiger partial charge in [-0.3, -0.25) is 13.5 Å². The van der Waals surface area contributed by atoms with Crippen molar-refractivity contribution in [1.29, 1.82) is 0 Å². The summed E-state index contributed by atoms with van der Waals surface area (Å²) in [6.07, 6.45) is 8.34. The number of unbranched alkanes of at least 4 members (excludes halogenated alkanes) is 5. The minimum atomic E-state index is -4.43. The standard InChI is InChI=1S/C22H34N6O7S/c1-2-3-4-5-6-7-8-9-10-11-16(29)27-36(32,33)34-12-15-18(30)19(31)22(35-15)28-14-26-17-20(23)24-13-25-21(17)28/h7-8,13-15,18-19,22,30-31H,2-6,9-12H2,1H3,(H,27,29)(H2,23,24,25)/b8-7-/t15-,18-,19-,22-/m1/s1. The molecule has 5 N–H and O–H groups in total. The number of nitrogen functional groups attached to an aromatic ring is 1. The maximum atomic E-state index is 12.2. The van der Waals surface area contributed by atoms with Crippen LogP contribution in [0.4, 0.5) is 5.82 Å². The second-order valence-corrected chi connectivity index (χ2v) is 9.95. The van der Waals surface area contributed by atoms with E-state index in [4.69, 9.17) is 14.7 Å². The van der Waals surface area contributed by atoms with E-state index in [2.05, 4.69) is 28.0 Å². The molecule has 1 amide bonds. The van der Waals surface area contributed by atoms with Crippen LogP contribution in [0.15, 0.2) is 24.8 Å². The third-order valence-corrected chi connectivity index (χ3v) is 6.71. The van der Waals surface area contributed by atoms with E-state index in [1.807, 2.05) is 10.8 Å². The summed E-state index contributed by atoms with van der Waals surface area (Å²) in [6, 6.07) is 0. The number of anilines is 1. The van der Waals surface area contributed by atoms with Gasteiger partial charge in [0.2, 0.25) is 5.91 Å². The predicted octanol–water partition coefficient (Wildman–Crippen LogP) is 1.10. The van der Waals surface area contributed by atoms with Crippen LogP contribution >= 0.6 is 0 Å². The van der Waals surface area contributed by atoms with Crippen molar-refractivity contribution in [2.24, 2.45) is 0 Å². The number of carbonyl (C=O) groups excluding carboxylic acids is 1. The van der Waals surface area contributed by atoms with Gasteiger partial charge in [0.1, 0.15) is 30.2 Å². The van der Waals surface area contributed by atoms with Crippen LogP contribution in [0, 0.1) is 0 Å². The molecule has 2 aromatic rings. The van der Waals surface area contributed by atoms with Crippen LogP contribution in [0.3, 0.4) is 0 Å². The third kappa shape index (κ3) is 7.43. The Kier molecular flexibility index (Phi) is 10.1. The minimum absolute atomic E-state index is 0.0186. The monoisotopic (exact) mass is 526 g/mol. The number of ether oxygens (including phenoxy) is 1. The van der Waals surface area contributed by atoms with Crippen molar-refractivity contribution in [3.63, 3.8) is 0 Å². The van der Waals surface area contributed by atoms with Gasteiger partial charge in [-0.25, -0.2) is 19.7 Å². The predicted molar refractivity (Wildman–Crippen MR) is 130 cm³/mol. The summed E-state index contributed by atoms with van der Waals surface area (Å²) in [5.41, 5.74) is 6.32. The normalized spacial score (nSPS) is 22.5. The highest BCUT2D eigenvalue weighted by atomic mass is 32.2. The van der Waals surface area contributed by atoms with Crippen LogP contribution in [-0.2, 0) is 24.0 Å². The average Bonchev–Trinajstić information content (AvgIpc) is 3.38. The van der Waals surface area contributed by atoms with Crippen LogP contribution < -0.4 is 10.5 Å². The van der Waals surface area contributed by atoms with Gasteiger partial charge in [0.25, 0.3) is 0 Å². The van der Waals surface area contributed by atoms with Crippen LogP contribution in [0.25, 0.3) is 11.2 Å². The molecule has 0 aromatic carbocycles. The van der Waals surface area contributed by atoms with Crippen molar-refractivity contribution in [2.75, 3.05) is 12.3 Å². The molecular weight excluding hydrogens is 492 g/mol. The molecule has 14 heteroatoms. The van der Waals surface area contributed by atoms with Crippen LogP contribution in [0.2, 0.25) is 0 Å². The fourth-order valence-corrected chi connectivity index (χ4v) is 4.59. The number of aromatic nitrogens is 4. The Morgan fingerprint density at radius 1 is 1.17 bits per heavy atom. The Labute approximate surface area is 210 Å². The lowest BCUT2D eigenvalue weighted by Gasteiger charge is -2.16. The SMILES string of the molecule is CCCCCC/C=C\CCCC(=O)NS(=O)(=O)OC[C@H]1O[C@@H](n2cnc3c(N)ncnc32)[C@H](O)[C@@H]1O. The molecule has 3 heterocycles. The lowest BCUT2D eigenvalue weighted by Crippen LogP contribution is -2.37. The molecule has 1 aliphatic heterocycles. The summed E-state index contributed by atoms with van der Waals surface area (Å²) in [6.45, 7) is 1.54. The molecule has 0 aliphatic carbocycles. The number of nitrogens with two attached hydrogens (primary N) is 1. The van der Waals surface area contributed by atoms with Gasteiger partial charge in [-0.15, -0.1) is 0 Å². The maximum absolute atomic E-state index is 12.2. The molecule has 1 fully saturated rings. The molecule has 36 heavy (non-hydrogen) atoms. The van der Waals surface area contributed by atoms with Crippen molar-refractivity contribution in [2.45, 2.75) is 82.8 Å². The molecule has 0 bridgehead atoms. The third-order valence-electron chi connectivity index (χ3n) is 5.79. The Morgan fingerprint density at radius 2 is 1.92 bits per heavy atom. The summed E-state index contributed by atoms with van der Waals surface area (Å²) >= 11 is 0. The first-order valence-corrected chi connectivity index (χ1v) is 13.4. The highest BCUT2D eigenvalue weighted by Crippen LogP contribution is 2.32. The van der Waals surface area contributed by atoms with Gasteiger partial charge in [-0.05, 0) is 25.7 Å². The summed E-state index contributed by atoms with van der Waals surface area (Å²) in [4.78, 5) is 24.0. The Bertz CT molecular complexity index is 1140. The van der Waals surface area contributed by atoms with Gasteiger partial charge in [0.05, 0.1) is 12.9 Å². The molecule has 200 valence electrons. The number of nitrogens with zero attached hydrogens (tertiary/aromatic N) is 4. The van der Waals surface area contributed by atoms with E-state index in [1.54, 1.807) is 0 Å². The Hall–Kier alpha value is -2.65. The molecule has 0 unspecified atom stereocenters. The van der Waals surface area contributed by atoms with E-state index in [0.29, 0.717) is 12.8 Å². The lowest BCUT2D eigenvalue weighted by atomic mass is 10.1. The molecule has 4 atom stereocenters. The van der Waals surface area contributed by atoms with E-state index < -0.39 is 47.4 Å². The highest BCUT2D eigenvalue weighted by molar-refractivity contribution is 7.85. The quantitative estimate of drug-likeness (QED) is 0.203. The number of amides is 1. The van der Waals surface area contributed by atoms with Crippen LogP contribution in [-0.4, -0.2) is 69.0 Å². The fraction of sp³-hybridized carbons (Fsp3) is 0.636. The average molecular weight is 527 g/mol. The molecule has 1 aliphatic rings.